The lowest BCUT2D eigenvalue weighted by Gasteiger charge is -2.12. The number of aromatic nitrogens is 3. The topological polar surface area (TPSA) is 39.9 Å². The van der Waals surface area contributed by atoms with E-state index in [1.165, 1.54) is 0 Å². The molecule has 1 aromatic carbocycles. The second-order valence-electron chi connectivity index (χ2n) is 4.38. The van der Waals surface area contributed by atoms with Gasteiger partial charge in [-0.2, -0.15) is 5.10 Å². The van der Waals surface area contributed by atoms with Gasteiger partial charge in [0.25, 0.3) is 0 Å². The lowest BCUT2D eigenvalue weighted by atomic mass is 10.1. The fourth-order valence-electron chi connectivity index (χ4n) is 1.96. The van der Waals surface area contributed by atoms with Gasteiger partial charge in [0, 0.05) is 12.1 Å². The molecule has 0 unspecified atom stereocenters. The first kappa shape index (κ1) is 13.9. The van der Waals surface area contributed by atoms with Crippen LogP contribution in [0.15, 0.2) is 24.5 Å². The molecular weight excluding hydrogens is 262 g/mol. The van der Waals surface area contributed by atoms with Crippen LogP contribution in [-0.4, -0.2) is 14.8 Å². The molecule has 0 atom stereocenters. The molecule has 0 fully saturated rings. The van der Waals surface area contributed by atoms with Crippen LogP contribution in [0, 0.1) is 6.92 Å². The van der Waals surface area contributed by atoms with E-state index in [1.54, 1.807) is 6.33 Å². The van der Waals surface area contributed by atoms with Gasteiger partial charge in [0.1, 0.15) is 18.7 Å². The maximum atomic E-state index is 5.93. The van der Waals surface area contributed by atoms with E-state index < -0.39 is 0 Å². The molecule has 2 aromatic rings. The Kier molecular flexibility index (Phi) is 4.80. The van der Waals surface area contributed by atoms with E-state index in [-0.39, 0.29) is 0 Å². The van der Waals surface area contributed by atoms with E-state index in [2.05, 4.69) is 17.0 Å². The van der Waals surface area contributed by atoms with Gasteiger partial charge < -0.3 is 4.74 Å². The molecule has 0 radical (unpaired) electrons. The summed E-state index contributed by atoms with van der Waals surface area (Å²) < 4.78 is 7.76. The van der Waals surface area contributed by atoms with Crippen LogP contribution in [0.5, 0.6) is 5.75 Å². The third kappa shape index (κ3) is 3.26. The van der Waals surface area contributed by atoms with Gasteiger partial charge >= 0.3 is 0 Å². The van der Waals surface area contributed by atoms with E-state index in [4.69, 9.17) is 16.3 Å². The van der Waals surface area contributed by atoms with Crippen LogP contribution >= 0.6 is 11.6 Å². The van der Waals surface area contributed by atoms with E-state index in [0.29, 0.717) is 12.5 Å². The molecule has 0 spiro atoms. The van der Waals surface area contributed by atoms with Crippen molar-refractivity contribution in [3.8, 4) is 5.75 Å². The van der Waals surface area contributed by atoms with E-state index in [0.717, 1.165) is 35.7 Å². The molecule has 4 nitrogen and oxygen atoms in total. The second kappa shape index (κ2) is 6.57. The van der Waals surface area contributed by atoms with E-state index >= 15 is 0 Å². The van der Waals surface area contributed by atoms with Crippen molar-refractivity contribution in [1.29, 1.82) is 0 Å². The molecule has 0 aliphatic heterocycles. The molecule has 5 heteroatoms. The average molecular weight is 280 g/mol. The molecule has 1 heterocycles. The SMILES string of the molecule is CCCn1ncnc1COc1c(C)cccc1CCl. The number of alkyl halides is 1. The Balaban J connectivity index is 2.12. The van der Waals surface area contributed by atoms with Gasteiger partial charge in [-0.15, -0.1) is 11.6 Å². The highest BCUT2D eigenvalue weighted by molar-refractivity contribution is 6.17. The fraction of sp³-hybridized carbons (Fsp3) is 0.429. The number of benzene rings is 1. The van der Waals surface area contributed by atoms with Crippen molar-refractivity contribution in [1.82, 2.24) is 14.8 Å². The van der Waals surface area contributed by atoms with Gasteiger partial charge in [0.15, 0.2) is 5.82 Å². The molecule has 0 aliphatic carbocycles. The second-order valence-corrected chi connectivity index (χ2v) is 4.65. The summed E-state index contributed by atoms with van der Waals surface area (Å²) in [6.45, 7) is 5.39. The first-order valence-electron chi connectivity index (χ1n) is 6.40. The van der Waals surface area contributed by atoms with Crippen LogP contribution < -0.4 is 4.74 Å². The number of hydrogen-bond acceptors (Lipinski definition) is 3. The summed E-state index contributed by atoms with van der Waals surface area (Å²) in [4.78, 5) is 4.23. The van der Waals surface area contributed by atoms with E-state index in [1.807, 2.05) is 29.8 Å². The first-order chi connectivity index (χ1) is 9.26. The highest BCUT2D eigenvalue weighted by Crippen LogP contribution is 2.25. The molecule has 1 aromatic heterocycles. The van der Waals surface area contributed by atoms with Crippen LogP contribution in [0.4, 0.5) is 0 Å². The predicted octanol–water partition coefficient (Wildman–Crippen LogP) is 3.31. The minimum Gasteiger partial charge on any atom is -0.485 e. The van der Waals surface area contributed by atoms with E-state index in [9.17, 15) is 0 Å². The fourth-order valence-corrected chi connectivity index (χ4v) is 2.17. The summed E-state index contributed by atoms with van der Waals surface area (Å²) in [7, 11) is 0. The van der Waals surface area contributed by atoms with Crippen LogP contribution in [-0.2, 0) is 19.0 Å². The quantitative estimate of drug-likeness (QED) is 0.762. The minimum absolute atomic E-state index is 0.411. The monoisotopic (exact) mass is 279 g/mol. The summed E-state index contributed by atoms with van der Waals surface area (Å²) in [6, 6.07) is 5.98. The maximum absolute atomic E-state index is 5.93. The zero-order valence-electron chi connectivity index (χ0n) is 11.3. The van der Waals surface area contributed by atoms with Crippen molar-refractivity contribution in [2.24, 2.45) is 0 Å². The van der Waals surface area contributed by atoms with Gasteiger partial charge in [0.2, 0.25) is 0 Å². The number of rotatable bonds is 6. The summed E-state index contributed by atoms with van der Waals surface area (Å²) >= 11 is 5.93. The molecule has 0 N–H and O–H groups in total. The van der Waals surface area contributed by atoms with Gasteiger partial charge in [0.05, 0.1) is 5.88 Å². The average Bonchev–Trinajstić information content (AvgIpc) is 2.85. The Labute approximate surface area is 118 Å². The van der Waals surface area contributed by atoms with Crippen molar-refractivity contribution in [2.75, 3.05) is 0 Å². The van der Waals surface area contributed by atoms with Crippen LogP contribution in [0.3, 0.4) is 0 Å². The van der Waals surface area contributed by atoms with Crippen LogP contribution in [0.1, 0.15) is 30.3 Å². The zero-order chi connectivity index (χ0) is 13.7. The summed E-state index contributed by atoms with van der Waals surface area (Å²) in [5.41, 5.74) is 2.09. The first-order valence-corrected chi connectivity index (χ1v) is 6.93. The van der Waals surface area contributed by atoms with Crippen molar-refractivity contribution < 1.29 is 4.74 Å². The largest absolute Gasteiger partial charge is 0.485 e. The molecule has 0 amide bonds. The van der Waals surface area contributed by atoms with Gasteiger partial charge in [-0.05, 0) is 18.9 Å². The smallest absolute Gasteiger partial charge is 0.164 e. The summed E-state index contributed by atoms with van der Waals surface area (Å²) in [5, 5.41) is 4.18. The lowest BCUT2D eigenvalue weighted by Crippen LogP contribution is -2.09. The zero-order valence-corrected chi connectivity index (χ0v) is 12.0. The normalized spacial score (nSPS) is 10.7. The van der Waals surface area contributed by atoms with Gasteiger partial charge in [-0.1, -0.05) is 25.1 Å². The molecule has 2 rings (SSSR count). The molecule has 102 valence electrons. The summed E-state index contributed by atoms with van der Waals surface area (Å²) in [5.74, 6) is 2.13. The minimum atomic E-state index is 0.411. The molecule has 19 heavy (non-hydrogen) atoms. The standard InChI is InChI=1S/C14H18ClN3O/c1-3-7-18-13(16-10-17-18)9-19-14-11(2)5-4-6-12(14)8-15/h4-6,10H,3,7-9H2,1-2H3. The molecular formula is C14H18ClN3O. The van der Waals surface area contributed by atoms with Crippen LogP contribution in [0.2, 0.25) is 0 Å². The van der Waals surface area contributed by atoms with Crippen LogP contribution in [0.25, 0.3) is 0 Å². The van der Waals surface area contributed by atoms with Crippen molar-refractivity contribution in [3.63, 3.8) is 0 Å². The van der Waals surface area contributed by atoms with Gasteiger partial charge in [-0.25, -0.2) is 9.67 Å². The Morgan fingerprint density at radius 1 is 1.37 bits per heavy atom. The number of halogens is 1. The molecule has 0 aliphatic rings. The van der Waals surface area contributed by atoms with Crippen molar-refractivity contribution >= 4 is 11.6 Å². The molecule has 0 saturated heterocycles. The lowest BCUT2D eigenvalue weighted by molar-refractivity contribution is 0.282. The molecule has 0 saturated carbocycles. The Hall–Kier alpha value is -1.55. The third-order valence-electron chi connectivity index (χ3n) is 2.91. The number of nitrogens with zero attached hydrogens (tertiary/aromatic N) is 3. The summed E-state index contributed by atoms with van der Waals surface area (Å²) in [6.07, 6.45) is 2.59. The Morgan fingerprint density at radius 2 is 2.21 bits per heavy atom. The molecule has 0 bridgehead atoms. The Morgan fingerprint density at radius 3 is 2.95 bits per heavy atom. The van der Waals surface area contributed by atoms with Crippen molar-refractivity contribution in [2.45, 2.75) is 39.3 Å². The predicted molar refractivity (Wildman–Crippen MR) is 75.4 cm³/mol. The maximum Gasteiger partial charge on any atom is 0.164 e. The van der Waals surface area contributed by atoms with Crippen molar-refractivity contribution in [3.05, 3.63) is 41.5 Å². The number of aryl methyl sites for hydroxylation is 2. The number of para-hydroxylation sites is 1. The highest BCUT2D eigenvalue weighted by Gasteiger charge is 2.09. The van der Waals surface area contributed by atoms with Gasteiger partial charge in [-0.3, -0.25) is 0 Å². The highest BCUT2D eigenvalue weighted by atomic mass is 35.5. The number of hydrogen-bond donors (Lipinski definition) is 0. The Bertz CT molecular complexity index is 539. The third-order valence-corrected chi connectivity index (χ3v) is 3.20. The number of ether oxygens (including phenoxy) is 1.